The average molecular weight is 382 g/mol. The van der Waals surface area contributed by atoms with Crippen molar-refractivity contribution in [3.8, 4) is 0 Å². The molecule has 2 aromatic rings. The van der Waals surface area contributed by atoms with Crippen LogP contribution in [0.1, 0.15) is 18.0 Å². The fraction of sp³-hybridized carbons (Fsp3) is 0.188. The molecule has 1 aliphatic heterocycles. The first kappa shape index (κ1) is 16.0. The summed E-state index contributed by atoms with van der Waals surface area (Å²) in [6.07, 6.45) is 0.482. The van der Waals surface area contributed by atoms with Gasteiger partial charge in [-0.25, -0.2) is 19.6 Å². The normalized spacial score (nSPS) is 20.5. The number of hydrazine groups is 1. The Morgan fingerprint density at radius 1 is 1.13 bits per heavy atom. The van der Waals surface area contributed by atoms with Gasteiger partial charge < -0.3 is 5.32 Å². The Balaban J connectivity index is 1.64. The number of halogens is 3. The topological polar surface area (TPSA) is 53.2 Å². The second kappa shape index (κ2) is 6.74. The highest BCUT2D eigenvalue weighted by molar-refractivity contribution is 9.10. The Morgan fingerprint density at radius 3 is 2.57 bits per heavy atom. The lowest BCUT2D eigenvalue weighted by molar-refractivity contribution is -0.117. The molecule has 3 N–H and O–H groups in total. The number of carbonyl (C=O) groups excluding carboxylic acids is 1. The average Bonchev–Trinajstić information content (AvgIpc) is 3.01. The Labute approximate surface area is 140 Å². The maximum Gasteiger partial charge on any atom is 0.243 e. The van der Waals surface area contributed by atoms with E-state index in [0.29, 0.717) is 10.9 Å². The molecule has 7 heteroatoms. The van der Waals surface area contributed by atoms with Crippen LogP contribution < -0.4 is 16.2 Å². The summed E-state index contributed by atoms with van der Waals surface area (Å²) >= 11 is 3.17. The molecule has 3 rings (SSSR count). The van der Waals surface area contributed by atoms with E-state index < -0.39 is 11.9 Å². The van der Waals surface area contributed by atoms with Crippen molar-refractivity contribution < 1.29 is 13.6 Å². The number of hydrogen-bond donors (Lipinski definition) is 3. The molecule has 1 fully saturated rings. The lowest BCUT2D eigenvalue weighted by atomic mass is 10.0. The predicted octanol–water partition coefficient (Wildman–Crippen LogP) is 3.27. The fourth-order valence-corrected chi connectivity index (χ4v) is 2.79. The molecule has 0 bridgehead atoms. The van der Waals surface area contributed by atoms with Gasteiger partial charge in [0.1, 0.15) is 17.7 Å². The summed E-state index contributed by atoms with van der Waals surface area (Å²) in [6.45, 7) is 0. The van der Waals surface area contributed by atoms with Crippen molar-refractivity contribution in [1.82, 2.24) is 10.9 Å². The van der Waals surface area contributed by atoms with Crippen molar-refractivity contribution >= 4 is 27.5 Å². The Bertz CT molecular complexity index is 724. The summed E-state index contributed by atoms with van der Waals surface area (Å²) in [5, 5.41) is 2.56. The van der Waals surface area contributed by atoms with Gasteiger partial charge in [0.05, 0.1) is 5.69 Å². The second-order valence-corrected chi connectivity index (χ2v) is 6.21. The third-order valence-electron chi connectivity index (χ3n) is 3.68. The summed E-state index contributed by atoms with van der Waals surface area (Å²) in [5.74, 6) is -1.14. The molecule has 0 aliphatic carbocycles. The first-order chi connectivity index (χ1) is 11.0. The molecule has 1 heterocycles. The van der Waals surface area contributed by atoms with Gasteiger partial charge in [-0.05, 0) is 42.3 Å². The number of benzene rings is 2. The standard InChI is InChI=1S/C16H14BrF2N3O/c17-10-3-6-13(12(19)7-10)20-16(23)15-8-14(21-22-15)9-1-4-11(18)5-2-9/h1-7,14-15,21-22H,8H2,(H,20,23). The molecule has 23 heavy (non-hydrogen) atoms. The van der Waals surface area contributed by atoms with Crippen molar-refractivity contribution in [2.75, 3.05) is 5.32 Å². The third-order valence-corrected chi connectivity index (χ3v) is 4.17. The summed E-state index contributed by atoms with van der Waals surface area (Å²) in [7, 11) is 0. The second-order valence-electron chi connectivity index (χ2n) is 5.29. The molecule has 120 valence electrons. The molecule has 2 unspecified atom stereocenters. The molecule has 0 saturated carbocycles. The molecule has 2 atom stereocenters. The highest BCUT2D eigenvalue weighted by atomic mass is 79.9. The molecule has 0 spiro atoms. The minimum atomic E-state index is -0.506. The van der Waals surface area contributed by atoms with Gasteiger partial charge in [-0.15, -0.1) is 0 Å². The maximum atomic E-state index is 13.8. The van der Waals surface area contributed by atoms with E-state index in [4.69, 9.17) is 0 Å². The highest BCUT2D eigenvalue weighted by Gasteiger charge is 2.30. The van der Waals surface area contributed by atoms with Crippen LogP contribution in [0.5, 0.6) is 0 Å². The van der Waals surface area contributed by atoms with Crippen molar-refractivity contribution in [3.63, 3.8) is 0 Å². The minimum Gasteiger partial charge on any atom is -0.322 e. The molecule has 1 aliphatic rings. The van der Waals surface area contributed by atoms with Gasteiger partial charge in [0.25, 0.3) is 0 Å². The molecule has 1 saturated heterocycles. The summed E-state index contributed by atoms with van der Waals surface area (Å²) in [5.41, 5.74) is 6.89. The SMILES string of the molecule is O=C(Nc1ccc(Br)cc1F)C1CC(c2ccc(F)cc2)NN1. The summed E-state index contributed by atoms with van der Waals surface area (Å²) in [4.78, 5) is 12.2. The van der Waals surface area contributed by atoms with Gasteiger partial charge in [-0.2, -0.15) is 0 Å². The van der Waals surface area contributed by atoms with Crippen LogP contribution in [0.2, 0.25) is 0 Å². The van der Waals surface area contributed by atoms with Gasteiger partial charge in [0, 0.05) is 10.5 Å². The quantitative estimate of drug-likeness (QED) is 0.764. The summed E-state index contributed by atoms with van der Waals surface area (Å²) < 4.78 is 27.3. The molecule has 1 amide bonds. The molecular formula is C16H14BrF2N3O. The molecule has 4 nitrogen and oxygen atoms in total. The van der Waals surface area contributed by atoms with Crippen molar-refractivity contribution in [2.45, 2.75) is 18.5 Å². The van der Waals surface area contributed by atoms with Crippen molar-refractivity contribution in [3.05, 3.63) is 64.1 Å². The van der Waals surface area contributed by atoms with Crippen LogP contribution in [0.3, 0.4) is 0 Å². The number of nitrogens with one attached hydrogen (secondary N) is 3. The van der Waals surface area contributed by atoms with E-state index in [0.717, 1.165) is 5.56 Å². The van der Waals surface area contributed by atoms with E-state index in [1.165, 1.54) is 24.3 Å². The van der Waals surface area contributed by atoms with Crippen LogP contribution in [0, 0.1) is 11.6 Å². The van der Waals surface area contributed by atoms with Crippen molar-refractivity contribution in [2.24, 2.45) is 0 Å². The Morgan fingerprint density at radius 2 is 1.87 bits per heavy atom. The zero-order chi connectivity index (χ0) is 16.4. The van der Waals surface area contributed by atoms with Gasteiger partial charge in [0.15, 0.2) is 0 Å². The maximum absolute atomic E-state index is 13.8. The van der Waals surface area contributed by atoms with Crippen LogP contribution in [0.25, 0.3) is 0 Å². The predicted molar refractivity (Wildman–Crippen MR) is 86.5 cm³/mol. The lowest BCUT2D eigenvalue weighted by Gasteiger charge is -2.11. The first-order valence-corrected chi connectivity index (χ1v) is 7.84. The molecule has 0 radical (unpaired) electrons. The lowest BCUT2D eigenvalue weighted by Crippen LogP contribution is -2.39. The van der Waals surface area contributed by atoms with E-state index in [2.05, 4.69) is 32.1 Å². The number of hydrogen-bond acceptors (Lipinski definition) is 3. The van der Waals surface area contributed by atoms with E-state index >= 15 is 0 Å². The van der Waals surface area contributed by atoms with E-state index in [1.807, 2.05) is 0 Å². The number of amides is 1. The number of anilines is 1. The summed E-state index contributed by atoms with van der Waals surface area (Å²) in [6, 6.07) is 9.92. The Kier molecular flexibility index (Phi) is 4.70. The molecular weight excluding hydrogens is 368 g/mol. The largest absolute Gasteiger partial charge is 0.322 e. The Hall–Kier alpha value is -1.83. The van der Waals surface area contributed by atoms with Crippen LogP contribution >= 0.6 is 15.9 Å². The van der Waals surface area contributed by atoms with Crippen LogP contribution in [0.15, 0.2) is 46.9 Å². The number of carbonyl (C=O) groups is 1. The van der Waals surface area contributed by atoms with E-state index in [-0.39, 0.29) is 23.5 Å². The van der Waals surface area contributed by atoms with Crippen LogP contribution in [0.4, 0.5) is 14.5 Å². The minimum absolute atomic E-state index is 0.110. The van der Waals surface area contributed by atoms with Gasteiger partial charge in [0.2, 0.25) is 5.91 Å². The number of rotatable bonds is 3. The van der Waals surface area contributed by atoms with Gasteiger partial charge in [-0.3, -0.25) is 4.79 Å². The van der Waals surface area contributed by atoms with E-state index in [9.17, 15) is 13.6 Å². The highest BCUT2D eigenvalue weighted by Crippen LogP contribution is 2.24. The molecule has 0 aromatic heterocycles. The molecule has 2 aromatic carbocycles. The van der Waals surface area contributed by atoms with Crippen LogP contribution in [-0.4, -0.2) is 11.9 Å². The smallest absolute Gasteiger partial charge is 0.243 e. The zero-order valence-electron chi connectivity index (χ0n) is 11.9. The van der Waals surface area contributed by atoms with E-state index in [1.54, 1.807) is 18.2 Å². The van der Waals surface area contributed by atoms with Gasteiger partial charge in [-0.1, -0.05) is 28.1 Å². The van der Waals surface area contributed by atoms with Crippen molar-refractivity contribution in [1.29, 1.82) is 0 Å². The van der Waals surface area contributed by atoms with Gasteiger partial charge >= 0.3 is 0 Å². The van der Waals surface area contributed by atoms with Crippen LogP contribution in [-0.2, 0) is 4.79 Å². The third kappa shape index (κ3) is 3.74. The zero-order valence-corrected chi connectivity index (χ0v) is 13.5. The first-order valence-electron chi connectivity index (χ1n) is 7.05. The fourth-order valence-electron chi connectivity index (χ4n) is 2.45. The monoisotopic (exact) mass is 381 g/mol.